The van der Waals surface area contributed by atoms with Gasteiger partial charge in [-0.15, -0.1) is 0 Å². The highest BCUT2D eigenvalue weighted by Gasteiger charge is 2.38. The summed E-state index contributed by atoms with van der Waals surface area (Å²) < 4.78 is 5.84. The number of nitrogens with zero attached hydrogens (tertiary/aromatic N) is 1. The topological polar surface area (TPSA) is 52.9 Å². The Balaban J connectivity index is 1.94. The van der Waals surface area contributed by atoms with Crippen molar-refractivity contribution >= 4 is 0 Å². The predicted molar refractivity (Wildman–Crippen MR) is 77.2 cm³/mol. The Kier molecular flexibility index (Phi) is 3.85. The first-order valence-corrected chi connectivity index (χ1v) is 7.58. The number of aromatic hydroxyl groups is 1. The Morgan fingerprint density at radius 3 is 3.00 bits per heavy atom. The van der Waals surface area contributed by atoms with Crippen molar-refractivity contribution in [1.82, 2.24) is 4.90 Å². The van der Waals surface area contributed by atoms with Crippen LogP contribution in [0.25, 0.3) is 0 Å². The van der Waals surface area contributed by atoms with Crippen molar-refractivity contribution in [2.24, 2.45) is 0 Å². The minimum absolute atomic E-state index is 0.121. The molecule has 1 fully saturated rings. The monoisotopic (exact) mass is 277 g/mol. The highest BCUT2D eigenvalue weighted by atomic mass is 16.5. The second-order valence-corrected chi connectivity index (χ2v) is 5.81. The maximum atomic E-state index is 10.2. The summed E-state index contributed by atoms with van der Waals surface area (Å²) in [5.74, 6) is 1.16. The van der Waals surface area contributed by atoms with Crippen molar-refractivity contribution in [1.29, 1.82) is 0 Å². The molecule has 1 saturated heterocycles. The van der Waals surface area contributed by atoms with Crippen molar-refractivity contribution in [2.45, 2.75) is 44.8 Å². The maximum Gasteiger partial charge on any atom is 0.164 e. The van der Waals surface area contributed by atoms with Crippen LogP contribution >= 0.6 is 0 Å². The number of phenols is 1. The average Bonchev–Trinajstić information content (AvgIpc) is 2.48. The molecule has 0 spiro atoms. The molecule has 3 rings (SSSR count). The first-order valence-electron chi connectivity index (χ1n) is 7.58. The molecule has 2 aliphatic heterocycles. The molecule has 0 radical (unpaired) electrons. The molecule has 20 heavy (non-hydrogen) atoms. The summed E-state index contributed by atoms with van der Waals surface area (Å²) in [7, 11) is 0. The Bertz CT molecular complexity index is 487. The Morgan fingerprint density at radius 2 is 2.25 bits per heavy atom. The Hall–Kier alpha value is -1.26. The van der Waals surface area contributed by atoms with Gasteiger partial charge < -0.3 is 14.9 Å². The van der Waals surface area contributed by atoms with Crippen LogP contribution in [0, 0.1) is 0 Å². The van der Waals surface area contributed by atoms with E-state index in [1.807, 2.05) is 12.1 Å². The predicted octanol–water partition coefficient (Wildman–Crippen LogP) is 2.23. The molecule has 0 aliphatic carbocycles. The second kappa shape index (κ2) is 5.62. The van der Waals surface area contributed by atoms with E-state index in [0.717, 1.165) is 31.5 Å². The molecule has 1 aromatic rings. The highest BCUT2D eigenvalue weighted by Crippen LogP contribution is 2.46. The first-order chi connectivity index (χ1) is 9.76. The van der Waals surface area contributed by atoms with E-state index in [9.17, 15) is 10.2 Å². The molecule has 0 unspecified atom stereocenters. The fourth-order valence-corrected chi connectivity index (χ4v) is 3.64. The lowest BCUT2D eigenvalue weighted by Gasteiger charge is -2.44. The van der Waals surface area contributed by atoms with E-state index in [1.54, 1.807) is 0 Å². The number of hydrogen-bond acceptors (Lipinski definition) is 4. The van der Waals surface area contributed by atoms with Crippen molar-refractivity contribution in [3.63, 3.8) is 0 Å². The Morgan fingerprint density at radius 1 is 1.40 bits per heavy atom. The van der Waals surface area contributed by atoms with Gasteiger partial charge in [0.25, 0.3) is 0 Å². The lowest BCUT2D eigenvalue weighted by Crippen LogP contribution is -2.49. The van der Waals surface area contributed by atoms with Gasteiger partial charge in [-0.25, -0.2) is 0 Å². The minimum atomic E-state index is -0.154. The number of piperidine rings is 1. The van der Waals surface area contributed by atoms with Crippen LogP contribution < -0.4 is 4.74 Å². The summed E-state index contributed by atoms with van der Waals surface area (Å²) in [5, 5.41) is 19.4. The quantitative estimate of drug-likeness (QED) is 0.889. The molecule has 110 valence electrons. The van der Waals surface area contributed by atoms with E-state index in [4.69, 9.17) is 4.74 Å². The fraction of sp³-hybridized carbons (Fsp3) is 0.625. The summed E-state index contributed by atoms with van der Waals surface area (Å²) in [6.45, 7) is 4.95. The van der Waals surface area contributed by atoms with Gasteiger partial charge in [0.15, 0.2) is 11.5 Å². The number of aliphatic hydroxyl groups is 1. The summed E-state index contributed by atoms with van der Waals surface area (Å²) in [6, 6.07) is 4.27. The molecule has 0 saturated carbocycles. The lowest BCUT2D eigenvalue weighted by molar-refractivity contribution is 0.0641. The standard InChI is InChI=1S/C16H23NO3/c1-2-7-17-8-3-4-12-13-6-5-11(9-18)15(19)16(13)20-10-14(12)17/h5-6,12,14,18-19H,2-4,7-10H2,1H3/t12-,14-/m0/s1. The third-order valence-corrected chi connectivity index (χ3v) is 4.62. The van der Waals surface area contributed by atoms with Gasteiger partial charge in [0.1, 0.15) is 6.61 Å². The first kappa shape index (κ1) is 13.7. The van der Waals surface area contributed by atoms with Crippen LogP contribution in [-0.2, 0) is 6.61 Å². The van der Waals surface area contributed by atoms with Crippen LogP contribution in [0.5, 0.6) is 11.5 Å². The van der Waals surface area contributed by atoms with Gasteiger partial charge in [-0.3, -0.25) is 4.90 Å². The van der Waals surface area contributed by atoms with Crippen LogP contribution in [0.1, 0.15) is 43.2 Å². The summed E-state index contributed by atoms with van der Waals surface area (Å²) >= 11 is 0. The van der Waals surface area contributed by atoms with E-state index in [1.165, 1.54) is 6.42 Å². The van der Waals surface area contributed by atoms with Crippen molar-refractivity contribution in [2.75, 3.05) is 19.7 Å². The normalized spacial score (nSPS) is 25.7. The third-order valence-electron chi connectivity index (χ3n) is 4.62. The van der Waals surface area contributed by atoms with E-state index in [-0.39, 0.29) is 12.4 Å². The van der Waals surface area contributed by atoms with Gasteiger partial charge >= 0.3 is 0 Å². The average molecular weight is 277 g/mol. The molecule has 4 nitrogen and oxygen atoms in total. The molecular formula is C16H23NO3. The molecule has 4 heteroatoms. The van der Waals surface area contributed by atoms with Gasteiger partial charge in [0.05, 0.1) is 12.6 Å². The highest BCUT2D eigenvalue weighted by molar-refractivity contribution is 5.53. The van der Waals surface area contributed by atoms with E-state index < -0.39 is 0 Å². The van der Waals surface area contributed by atoms with Gasteiger partial charge in [-0.1, -0.05) is 19.1 Å². The van der Waals surface area contributed by atoms with E-state index in [2.05, 4.69) is 11.8 Å². The molecule has 2 N–H and O–H groups in total. The number of aliphatic hydroxyl groups excluding tert-OH is 1. The zero-order chi connectivity index (χ0) is 14.1. The molecule has 0 aromatic heterocycles. The van der Waals surface area contributed by atoms with Crippen LogP contribution in [0.3, 0.4) is 0 Å². The number of likely N-dealkylation sites (tertiary alicyclic amines) is 1. The maximum absolute atomic E-state index is 10.2. The van der Waals surface area contributed by atoms with Crippen LogP contribution in [0.2, 0.25) is 0 Å². The zero-order valence-electron chi connectivity index (χ0n) is 12.0. The fourth-order valence-electron chi connectivity index (χ4n) is 3.64. The molecule has 2 heterocycles. The molecular weight excluding hydrogens is 254 g/mol. The number of ether oxygens (including phenoxy) is 1. The number of benzene rings is 1. The van der Waals surface area contributed by atoms with Crippen molar-refractivity contribution < 1.29 is 14.9 Å². The van der Waals surface area contributed by atoms with Crippen molar-refractivity contribution in [3.05, 3.63) is 23.3 Å². The number of hydrogen-bond donors (Lipinski definition) is 2. The minimum Gasteiger partial charge on any atom is -0.504 e. The lowest BCUT2D eigenvalue weighted by atomic mass is 9.81. The second-order valence-electron chi connectivity index (χ2n) is 5.81. The van der Waals surface area contributed by atoms with Crippen LogP contribution in [0.4, 0.5) is 0 Å². The largest absolute Gasteiger partial charge is 0.504 e. The summed E-state index contributed by atoms with van der Waals surface area (Å²) in [5.41, 5.74) is 1.65. The van der Waals surface area contributed by atoms with E-state index >= 15 is 0 Å². The van der Waals surface area contributed by atoms with E-state index in [0.29, 0.717) is 29.9 Å². The number of fused-ring (bicyclic) bond motifs is 3. The summed E-state index contributed by atoms with van der Waals surface area (Å²) in [4.78, 5) is 2.52. The SMILES string of the molecule is CCCN1CCC[C@H]2c3ccc(CO)c(O)c3OC[C@@H]21. The molecule has 2 atom stereocenters. The molecule has 1 aromatic carbocycles. The zero-order valence-corrected chi connectivity index (χ0v) is 12.0. The smallest absolute Gasteiger partial charge is 0.164 e. The summed E-state index contributed by atoms with van der Waals surface area (Å²) in [6.07, 6.45) is 3.51. The Labute approximate surface area is 120 Å². The molecule has 0 bridgehead atoms. The van der Waals surface area contributed by atoms with Gasteiger partial charge in [-0.2, -0.15) is 0 Å². The molecule has 0 amide bonds. The van der Waals surface area contributed by atoms with Crippen LogP contribution in [-0.4, -0.2) is 40.9 Å². The third kappa shape index (κ3) is 2.17. The van der Waals surface area contributed by atoms with Gasteiger partial charge in [-0.05, 0) is 32.4 Å². The van der Waals surface area contributed by atoms with Gasteiger partial charge in [0.2, 0.25) is 0 Å². The van der Waals surface area contributed by atoms with Crippen molar-refractivity contribution in [3.8, 4) is 11.5 Å². The molecule has 2 aliphatic rings. The van der Waals surface area contributed by atoms with Gasteiger partial charge in [0, 0.05) is 17.0 Å². The van der Waals surface area contributed by atoms with Crippen LogP contribution in [0.15, 0.2) is 12.1 Å². The number of rotatable bonds is 3.